The first-order valence-electron chi connectivity index (χ1n) is 6.37. The van der Waals surface area contributed by atoms with Crippen molar-refractivity contribution >= 4 is 11.7 Å². The second-order valence-electron chi connectivity index (χ2n) is 4.43. The van der Waals surface area contributed by atoms with Gasteiger partial charge in [0.05, 0.1) is 25.0 Å². The number of hydrogen-bond acceptors (Lipinski definition) is 5. The molecule has 0 saturated heterocycles. The summed E-state index contributed by atoms with van der Waals surface area (Å²) >= 11 is 0. The van der Waals surface area contributed by atoms with Gasteiger partial charge < -0.3 is 19.9 Å². The normalized spacial score (nSPS) is 10.2. The van der Waals surface area contributed by atoms with Crippen molar-refractivity contribution in [3.05, 3.63) is 53.6 Å². The Kier molecular flexibility index (Phi) is 4.79. The molecule has 0 heterocycles. The minimum absolute atomic E-state index is 0.370. The van der Waals surface area contributed by atoms with Gasteiger partial charge in [-0.15, -0.1) is 0 Å². The molecule has 0 saturated carbocycles. The molecule has 0 unspecified atom stereocenters. The molecule has 0 aromatic heterocycles. The van der Waals surface area contributed by atoms with E-state index in [1.165, 1.54) is 13.2 Å². The molecule has 5 nitrogen and oxygen atoms in total. The van der Waals surface area contributed by atoms with Crippen molar-refractivity contribution in [2.75, 3.05) is 20.0 Å². The van der Waals surface area contributed by atoms with Gasteiger partial charge in [0.2, 0.25) is 0 Å². The number of carbonyl (C=O) groups is 1. The maximum Gasteiger partial charge on any atom is 0.337 e. The summed E-state index contributed by atoms with van der Waals surface area (Å²) in [5.41, 5.74) is 7.66. The van der Waals surface area contributed by atoms with Gasteiger partial charge in [-0.1, -0.05) is 12.1 Å². The molecule has 110 valence electrons. The van der Waals surface area contributed by atoms with Crippen molar-refractivity contribution in [1.82, 2.24) is 0 Å². The Balaban J connectivity index is 2.19. The molecule has 0 spiro atoms. The Hall–Kier alpha value is -2.53. The zero-order valence-electron chi connectivity index (χ0n) is 12.0. The van der Waals surface area contributed by atoms with E-state index < -0.39 is 5.97 Å². The maximum absolute atomic E-state index is 11.4. The van der Waals surface area contributed by atoms with E-state index in [0.29, 0.717) is 29.4 Å². The molecule has 21 heavy (non-hydrogen) atoms. The number of esters is 1. The van der Waals surface area contributed by atoms with E-state index in [2.05, 4.69) is 4.74 Å². The molecule has 0 atom stereocenters. The fraction of sp³-hybridized carbons (Fsp3) is 0.188. The van der Waals surface area contributed by atoms with Crippen LogP contribution < -0.4 is 10.5 Å². The molecular weight excluding hydrogens is 270 g/mol. The third kappa shape index (κ3) is 3.73. The minimum Gasteiger partial charge on any atom is -0.465 e. The van der Waals surface area contributed by atoms with Gasteiger partial charge in [-0.2, -0.15) is 0 Å². The summed E-state index contributed by atoms with van der Waals surface area (Å²) in [5.74, 6) is 0.703. The quantitative estimate of drug-likeness (QED) is 0.676. The highest BCUT2D eigenvalue weighted by molar-refractivity contribution is 5.90. The van der Waals surface area contributed by atoms with E-state index in [-0.39, 0.29) is 0 Å². The van der Waals surface area contributed by atoms with E-state index in [4.69, 9.17) is 15.2 Å². The number of ether oxygens (including phenoxy) is 3. The summed E-state index contributed by atoms with van der Waals surface area (Å²) in [6.45, 7) is 0.508. The molecule has 2 rings (SSSR count). The Morgan fingerprint density at radius 1 is 1.14 bits per heavy atom. The van der Waals surface area contributed by atoms with E-state index in [1.54, 1.807) is 19.2 Å². The summed E-state index contributed by atoms with van der Waals surface area (Å²) < 4.78 is 15.5. The lowest BCUT2D eigenvalue weighted by molar-refractivity contribution is 0.0601. The van der Waals surface area contributed by atoms with Crippen LogP contribution in [0.1, 0.15) is 15.9 Å². The SMILES string of the molecule is COCc1cccc(Oc2ccc(C(=O)OC)cc2N)c1. The molecule has 0 aliphatic carbocycles. The molecule has 0 fully saturated rings. The van der Waals surface area contributed by atoms with E-state index >= 15 is 0 Å². The lowest BCUT2D eigenvalue weighted by atomic mass is 10.2. The molecule has 0 radical (unpaired) electrons. The van der Waals surface area contributed by atoms with Crippen LogP contribution in [0.3, 0.4) is 0 Å². The summed E-state index contributed by atoms with van der Waals surface area (Å²) in [4.78, 5) is 11.4. The van der Waals surface area contributed by atoms with Crippen LogP contribution in [0.5, 0.6) is 11.5 Å². The van der Waals surface area contributed by atoms with Crippen LogP contribution in [-0.2, 0) is 16.1 Å². The van der Waals surface area contributed by atoms with Crippen LogP contribution in [0.4, 0.5) is 5.69 Å². The highest BCUT2D eigenvalue weighted by Crippen LogP contribution is 2.29. The largest absolute Gasteiger partial charge is 0.465 e. The maximum atomic E-state index is 11.4. The second kappa shape index (κ2) is 6.76. The van der Waals surface area contributed by atoms with Crippen LogP contribution >= 0.6 is 0 Å². The van der Waals surface area contributed by atoms with Gasteiger partial charge >= 0.3 is 5.97 Å². The standard InChI is InChI=1S/C16H17NO4/c1-19-10-11-4-3-5-13(8-11)21-15-7-6-12(9-14(15)17)16(18)20-2/h3-9H,10,17H2,1-2H3. The van der Waals surface area contributed by atoms with Crippen LogP contribution in [0, 0.1) is 0 Å². The Bertz CT molecular complexity index is 640. The van der Waals surface area contributed by atoms with Gasteiger partial charge in [0.15, 0.2) is 0 Å². The molecule has 0 amide bonds. The average Bonchev–Trinajstić information content (AvgIpc) is 2.49. The third-order valence-electron chi connectivity index (χ3n) is 2.87. The Morgan fingerprint density at radius 2 is 1.95 bits per heavy atom. The minimum atomic E-state index is -0.435. The zero-order valence-corrected chi connectivity index (χ0v) is 12.0. The molecular formula is C16H17NO4. The fourth-order valence-corrected chi connectivity index (χ4v) is 1.88. The fourth-order valence-electron chi connectivity index (χ4n) is 1.88. The summed E-state index contributed by atoms with van der Waals surface area (Å²) in [6, 6.07) is 12.3. The van der Waals surface area contributed by atoms with Crippen molar-refractivity contribution in [3.8, 4) is 11.5 Å². The predicted molar refractivity (Wildman–Crippen MR) is 79.4 cm³/mol. The molecule has 5 heteroatoms. The molecule has 2 aromatic carbocycles. The number of hydrogen-bond donors (Lipinski definition) is 1. The number of nitrogen functional groups attached to an aromatic ring is 1. The summed E-state index contributed by atoms with van der Waals surface area (Å²) in [6.07, 6.45) is 0. The van der Waals surface area contributed by atoms with Gasteiger partial charge in [-0.05, 0) is 35.9 Å². The number of rotatable bonds is 5. The second-order valence-corrected chi connectivity index (χ2v) is 4.43. The van der Waals surface area contributed by atoms with Crippen LogP contribution in [0.15, 0.2) is 42.5 Å². The molecule has 0 aliphatic rings. The van der Waals surface area contributed by atoms with Gasteiger partial charge in [-0.3, -0.25) is 0 Å². The number of benzene rings is 2. The number of anilines is 1. The highest BCUT2D eigenvalue weighted by atomic mass is 16.5. The molecule has 2 N–H and O–H groups in total. The number of nitrogens with two attached hydrogens (primary N) is 1. The zero-order chi connectivity index (χ0) is 15.2. The summed E-state index contributed by atoms with van der Waals surface area (Å²) in [7, 11) is 2.96. The molecule has 2 aromatic rings. The van der Waals surface area contributed by atoms with Crippen molar-refractivity contribution in [1.29, 1.82) is 0 Å². The Labute approximate surface area is 123 Å². The number of carbonyl (C=O) groups excluding carboxylic acids is 1. The Morgan fingerprint density at radius 3 is 2.62 bits per heavy atom. The van der Waals surface area contributed by atoms with Gasteiger partial charge in [0.25, 0.3) is 0 Å². The first-order chi connectivity index (χ1) is 10.1. The lowest BCUT2D eigenvalue weighted by Gasteiger charge is -2.10. The predicted octanol–water partition coefficient (Wildman–Crippen LogP) is 2.99. The molecule has 0 aliphatic heterocycles. The topological polar surface area (TPSA) is 70.8 Å². The number of methoxy groups -OCH3 is 2. The van der Waals surface area contributed by atoms with Crippen molar-refractivity contribution < 1.29 is 19.0 Å². The third-order valence-corrected chi connectivity index (χ3v) is 2.87. The van der Waals surface area contributed by atoms with Crippen LogP contribution in [0.2, 0.25) is 0 Å². The van der Waals surface area contributed by atoms with Gasteiger partial charge in [-0.25, -0.2) is 4.79 Å². The van der Waals surface area contributed by atoms with Crippen LogP contribution in [0.25, 0.3) is 0 Å². The van der Waals surface area contributed by atoms with Crippen molar-refractivity contribution in [2.45, 2.75) is 6.61 Å². The monoisotopic (exact) mass is 287 g/mol. The first-order valence-corrected chi connectivity index (χ1v) is 6.37. The van der Waals surface area contributed by atoms with E-state index in [9.17, 15) is 4.79 Å². The van der Waals surface area contributed by atoms with E-state index in [1.807, 2.05) is 24.3 Å². The lowest BCUT2D eigenvalue weighted by Crippen LogP contribution is -2.02. The smallest absolute Gasteiger partial charge is 0.337 e. The highest BCUT2D eigenvalue weighted by Gasteiger charge is 2.09. The van der Waals surface area contributed by atoms with Crippen LogP contribution in [-0.4, -0.2) is 20.2 Å². The van der Waals surface area contributed by atoms with Gasteiger partial charge in [0, 0.05) is 7.11 Å². The summed E-state index contributed by atoms with van der Waals surface area (Å²) in [5, 5.41) is 0. The van der Waals surface area contributed by atoms with Crippen molar-refractivity contribution in [3.63, 3.8) is 0 Å². The van der Waals surface area contributed by atoms with E-state index in [0.717, 1.165) is 5.56 Å². The molecule has 0 bridgehead atoms. The average molecular weight is 287 g/mol. The van der Waals surface area contributed by atoms with Crippen molar-refractivity contribution in [2.24, 2.45) is 0 Å². The van der Waals surface area contributed by atoms with Gasteiger partial charge in [0.1, 0.15) is 11.5 Å². The first kappa shape index (κ1) is 14.9.